The topological polar surface area (TPSA) is 51.2 Å². The first-order valence-electron chi connectivity index (χ1n) is 4.61. The van der Waals surface area contributed by atoms with Crippen LogP contribution in [0.5, 0.6) is 0 Å². The highest BCUT2D eigenvalue weighted by Gasteiger charge is 2.01. The molecule has 0 fully saturated rings. The molecule has 1 N–H and O–H groups in total. The number of nitrogens with zero attached hydrogens (tertiary/aromatic N) is 1. The van der Waals surface area contributed by atoms with Gasteiger partial charge in [-0.15, -0.1) is 0 Å². The molecule has 0 amide bonds. The Morgan fingerprint density at radius 2 is 2.27 bits per heavy atom. The van der Waals surface area contributed by atoms with Crippen LogP contribution < -0.4 is 5.32 Å². The second-order valence-corrected chi connectivity index (χ2v) is 3.61. The minimum Gasteiger partial charge on any atom is -0.448 e. The summed E-state index contributed by atoms with van der Waals surface area (Å²) in [5.41, 5.74) is 0.880. The highest BCUT2D eigenvalue weighted by atomic mass is 35.5. The Kier molecular flexibility index (Phi) is 3.08. The zero-order valence-corrected chi connectivity index (χ0v) is 9.04. The molecule has 4 nitrogen and oxygen atoms in total. The molecule has 0 aromatic carbocycles. The number of nitrogens with one attached hydrogen (secondary N) is 1. The van der Waals surface area contributed by atoms with E-state index in [1.165, 1.54) is 0 Å². The van der Waals surface area contributed by atoms with Crippen molar-refractivity contribution in [3.8, 4) is 0 Å². The molecule has 0 spiro atoms. The number of rotatable bonds is 4. The van der Waals surface area contributed by atoms with Crippen LogP contribution in [0.4, 0.5) is 0 Å². The van der Waals surface area contributed by atoms with Crippen molar-refractivity contribution in [3.63, 3.8) is 0 Å². The number of aryl methyl sites for hydroxylation is 1. The van der Waals surface area contributed by atoms with Gasteiger partial charge in [0.2, 0.25) is 0 Å². The van der Waals surface area contributed by atoms with Crippen molar-refractivity contribution in [2.45, 2.75) is 20.0 Å². The molecule has 2 aromatic heterocycles. The maximum atomic E-state index is 5.64. The van der Waals surface area contributed by atoms with Gasteiger partial charge in [-0.3, -0.25) is 0 Å². The maximum Gasteiger partial charge on any atom is 0.193 e. The Hall–Kier alpha value is -1.26. The number of halogens is 1. The highest BCUT2D eigenvalue weighted by Crippen LogP contribution is 2.12. The second kappa shape index (κ2) is 4.51. The lowest BCUT2D eigenvalue weighted by Gasteiger charge is -1.97. The fourth-order valence-corrected chi connectivity index (χ4v) is 1.42. The van der Waals surface area contributed by atoms with Crippen LogP contribution in [-0.2, 0) is 13.1 Å². The molecule has 0 atom stereocenters. The predicted molar refractivity (Wildman–Crippen MR) is 55.5 cm³/mol. The van der Waals surface area contributed by atoms with E-state index < -0.39 is 0 Å². The molecule has 0 saturated carbocycles. The third-order valence-corrected chi connectivity index (χ3v) is 2.11. The van der Waals surface area contributed by atoms with E-state index in [-0.39, 0.29) is 0 Å². The van der Waals surface area contributed by atoms with Crippen LogP contribution in [0, 0.1) is 6.92 Å². The van der Waals surface area contributed by atoms with Crippen LogP contribution in [0.15, 0.2) is 27.1 Å². The maximum absolute atomic E-state index is 5.64. The molecule has 2 heterocycles. The lowest BCUT2D eigenvalue weighted by Crippen LogP contribution is -2.12. The minimum absolute atomic E-state index is 0.407. The van der Waals surface area contributed by atoms with Gasteiger partial charge >= 0.3 is 0 Å². The van der Waals surface area contributed by atoms with Crippen molar-refractivity contribution >= 4 is 11.6 Å². The first-order chi connectivity index (χ1) is 7.24. The van der Waals surface area contributed by atoms with E-state index in [2.05, 4.69) is 10.5 Å². The molecule has 0 aliphatic carbocycles. The molecular formula is C10H11ClN2O2. The average molecular weight is 227 g/mol. The van der Waals surface area contributed by atoms with Crippen LogP contribution in [-0.4, -0.2) is 5.16 Å². The summed E-state index contributed by atoms with van der Waals surface area (Å²) in [6.45, 7) is 3.14. The molecule has 0 aliphatic rings. The largest absolute Gasteiger partial charge is 0.448 e. The standard InChI is InChI=1S/C10H11ClN2O2/c1-7-4-8(13-15-7)5-12-6-9-2-3-10(11)14-9/h2-4,12H,5-6H2,1H3. The molecule has 2 rings (SSSR count). The van der Waals surface area contributed by atoms with Gasteiger partial charge in [0, 0.05) is 12.6 Å². The van der Waals surface area contributed by atoms with Gasteiger partial charge in [0.1, 0.15) is 11.5 Å². The van der Waals surface area contributed by atoms with E-state index in [1.54, 1.807) is 6.07 Å². The minimum atomic E-state index is 0.407. The van der Waals surface area contributed by atoms with Gasteiger partial charge in [0.15, 0.2) is 5.22 Å². The summed E-state index contributed by atoms with van der Waals surface area (Å²) >= 11 is 5.64. The Morgan fingerprint density at radius 1 is 1.40 bits per heavy atom. The third kappa shape index (κ3) is 2.84. The molecule has 0 saturated heterocycles. The van der Waals surface area contributed by atoms with Gasteiger partial charge in [-0.05, 0) is 30.7 Å². The van der Waals surface area contributed by atoms with Gasteiger partial charge in [-0.1, -0.05) is 5.16 Å². The van der Waals surface area contributed by atoms with E-state index >= 15 is 0 Å². The molecule has 5 heteroatoms. The molecule has 0 radical (unpaired) electrons. The summed E-state index contributed by atoms with van der Waals surface area (Å²) in [5.74, 6) is 1.62. The van der Waals surface area contributed by atoms with Crippen LogP contribution in [0.1, 0.15) is 17.2 Å². The number of hydrogen-bond donors (Lipinski definition) is 1. The lowest BCUT2D eigenvalue weighted by molar-refractivity contribution is 0.387. The smallest absolute Gasteiger partial charge is 0.193 e. The number of aromatic nitrogens is 1. The quantitative estimate of drug-likeness (QED) is 0.871. The van der Waals surface area contributed by atoms with E-state index in [4.69, 9.17) is 20.5 Å². The second-order valence-electron chi connectivity index (χ2n) is 3.24. The third-order valence-electron chi connectivity index (χ3n) is 1.91. The van der Waals surface area contributed by atoms with Gasteiger partial charge in [-0.2, -0.15) is 0 Å². The summed E-state index contributed by atoms with van der Waals surface area (Å²) in [6, 6.07) is 5.45. The Morgan fingerprint density at radius 3 is 2.87 bits per heavy atom. The van der Waals surface area contributed by atoms with Crippen molar-refractivity contribution in [1.82, 2.24) is 10.5 Å². The van der Waals surface area contributed by atoms with E-state index in [9.17, 15) is 0 Å². The summed E-state index contributed by atoms with van der Waals surface area (Å²) in [7, 11) is 0. The number of hydrogen-bond acceptors (Lipinski definition) is 4. The van der Waals surface area contributed by atoms with Crippen molar-refractivity contribution in [3.05, 3.63) is 40.6 Å². The zero-order chi connectivity index (χ0) is 10.7. The molecule has 0 aliphatic heterocycles. The van der Waals surface area contributed by atoms with E-state index in [0.29, 0.717) is 18.3 Å². The SMILES string of the molecule is Cc1cc(CNCc2ccc(Cl)o2)no1. The molecule has 80 valence electrons. The van der Waals surface area contributed by atoms with Crippen LogP contribution >= 0.6 is 11.6 Å². The van der Waals surface area contributed by atoms with Crippen LogP contribution in [0.2, 0.25) is 5.22 Å². The van der Waals surface area contributed by atoms with Gasteiger partial charge in [-0.25, -0.2) is 0 Å². The molecule has 0 unspecified atom stereocenters. The van der Waals surface area contributed by atoms with Crippen molar-refractivity contribution < 1.29 is 8.94 Å². The lowest BCUT2D eigenvalue weighted by atomic mass is 10.3. The molecule has 15 heavy (non-hydrogen) atoms. The summed E-state index contributed by atoms with van der Waals surface area (Å²) in [5, 5.41) is 7.43. The number of furan rings is 1. The summed E-state index contributed by atoms with van der Waals surface area (Å²) in [6.07, 6.45) is 0. The Bertz CT molecular complexity index is 396. The highest BCUT2D eigenvalue weighted by molar-refractivity contribution is 6.28. The van der Waals surface area contributed by atoms with Gasteiger partial charge in [0.25, 0.3) is 0 Å². The molecular weight excluding hydrogens is 216 g/mol. The first-order valence-corrected chi connectivity index (χ1v) is 4.99. The van der Waals surface area contributed by atoms with E-state index in [1.807, 2.05) is 19.1 Å². The summed E-state index contributed by atoms with van der Waals surface area (Å²) in [4.78, 5) is 0. The van der Waals surface area contributed by atoms with Crippen LogP contribution in [0.25, 0.3) is 0 Å². The molecule has 0 bridgehead atoms. The fourth-order valence-electron chi connectivity index (χ4n) is 1.26. The monoisotopic (exact) mass is 226 g/mol. The zero-order valence-electron chi connectivity index (χ0n) is 8.29. The van der Waals surface area contributed by atoms with Crippen LogP contribution in [0.3, 0.4) is 0 Å². The van der Waals surface area contributed by atoms with Crippen molar-refractivity contribution in [1.29, 1.82) is 0 Å². The van der Waals surface area contributed by atoms with E-state index in [0.717, 1.165) is 17.2 Å². The van der Waals surface area contributed by atoms with Gasteiger partial charge < -0.3 is 14.3 Å². The predicted octanol–water partition coefficient (Wildman–Crippen LogP) is 2.52. The Balaban J connectivity index is 1.80. The summed E-state index contributed by atoms with van der Waals surface area (Å²) < 4.78 is 10.1. The fraction of sp³-hybridized carbons (Fsp3) is 0.300. The average Bonchev–Trinajstić information content (AvgIpc) is 2.76. The van der Waals surface area contributed by atoms with Crippen molar-refractivity contribution in [2.24, 2.45) is 0 Å². The first kappa shape index (κ1) is 10.3. The molecule has 2 aromatic rings. The van der Waals surface area contributed by atoms with Crippen molar-refractivity contribution in [2.75, 3.05) is 0 Å². The van der Waals surface area contributed by atoms with Gasteiger partial charge in [0.05, 0.1) is 12.2 Å². The Labute approximate surface area is 92.2 Å². The normalized spacial score (nSPS) is 10.8.